The molecule has 0 amide bonds. The van der Waals surface area contributed by atoms with Crippen molar-refractivity contribution in [1.82, 2.24) is 0 Å². The van der Waals surface area contributed by atoms with Crippen molar-refractivity contribution < 1.29 is 4.74 Å². The molecule has 0 unspecified atom stereocenters. The lowest BCUT2D eigenvalue weighted by atomic mass is 10.2. The van der Waals surface area contributed by atoms with Crippen LogP contribution in [0.5, 0.6) is 5.75 Å². The Morgan fingerprint density at radius 3 is 2.47 bits per heavy atom. The standard InChI is InChI=1S/C13H18OSi/c1-5-14-13-9-7-6-8-12(13)10-11-15(2,3)4/h6-9H,5H2,1-4H3. The molecule has 0 bridgehead atoms. The second kappa shape index (κ2) is 5.04. The van der Waals surface area contributed by atoms with Gasteiger partial charge in [0.25, 0.3) is 0 Å². The summed E-state index contributed by atoms with van der Waals surface area (Å²) in [4.78, 5) is 0. The van der Waals surface area contributed by atoms with Crippen molar-refractivity contribution in [3.05, 3.63) is 29.8 Å². The lowest BCUT2D eigenvalue weighted by Crippen LogP contribution is -2.16. The fourth-order valence-electron chi connectivity index (χ4n) is 1.11. The topological polar surface area (TPSA) is 9.23 Å². The fourth-order valence-corrected chi connectivity index (χ4v) is 1.62. The summed E-state index contributed by atoms with van der Waals surface area (Å²) in [6.45, 7) is 9.39. The molecule has 0 aliphatic heterocycles. The minimum Gasteiger partial charge on any atom is -0.493 e. The zero-order chi connectivity index (χ0) is 11.3. The van der Waals surface area contributed by atoms with Crippen molar-refractivity contribution in [1.29, 1.82) is 0 Å². The van der Waals surface area contributed by atoms with Gasteiger partial charge in [-0.05, 0) is 19.1 Å². The zero-order valence-corrected chi connectivity index (χ0v) is 10.9. The highest BCUT2D eigenvalue weighted by atomic mass is 28.3. The predicted molar refractivity (Wildman–Crippen MR) is 67.8 cm³/mol. The first kappa shape index (κ1) is 11.9. The molecule has 0 radical (unpaired) electrons. The molecule has 15 heavy (non-hydrogen) atoms. The number of hydrogen-bond donors (Lipinski definition) is 0. The fraction of sp³-hybridized carbons (Fsp3) is 0.385. The van der Waals surface area contributed by atoms with E-state index in [-0.39, 0.29) is 0 Å². The maximum atomic E-state index is 5.52. The summed E-state index contributed by atoms with van der Waals surface area (Å²) in [5, 5.41) is 0. The van der Waals surface area contributed by atoms with Crippen LogP contribution < -0.4 is 4.74 Å². The smallest absolute Gasteiger partial charge is 0.134 e. The number of para-hydroxylation sites is 1. The maximum absolute atomic E-state index is 5.52. The van der Waals surface area contributed by atoms with Gasteiger partial charge in [-0.3, -0.25) is 0 Å². The molecule has 0 spiro atoms. The van der Waals surface area contributed by atoms with E-state index in [1.807, 2.05) is 31.2 Å². The van der Waals surface area contributed by atoms with E-state index in [1.54, 1.807) is 0 Å². The second-order valence-corrected chi connectivity index (χ2v) is 9.18. The minimum absolute atomic E-state index is 0.686. The van der Waals surface area contributed by atoms with Gasteiger partial charge in [0.1, 0.15) is 13.8 Å². The maximum Gasteiger partial charge on any atom is 0.134 e. The molecule has 0 N–H and O–H groups in total. The van der Waals surface area contributed by atoms with Crippen molar-refractivity contribution in [2.24, 2.45) is 0 Å². The highest BCUT2D eigenvalue weighted by Gasteiger charge is 2.08. The van der Waals surface area contributed by atoms with E-state index >= 15 is 0 Å². The molecule has 1 nitrogen and oxygen atoms in total. The average molecular weight is 218 g/mol. The molecule has 0 heterocycles. The van der Waals surface area contributed by atoms with Gasteiger partial charge in [-0.2, -0.15) is 0 Å². The van der Waals surface area contributed by atoms with Gasteiger partial charge in [0, 0.05) is 0 Å². The van der Waals surface area contributed by atoms with Gasteiger partial charge in [0.15, 0.2) is 0 Å². The SMILES string of the molecule is CCOc1ccccc1C#C[Si](C)(C)C. The van der Waals surface area contributed by atoms with Crippen LogP contribution in [0.15, 0.2) is 24.3 Å². The molecule has 80 valence electrons. The van der Waals surface area contributed by atoms with Crippen LogP contribution in [-0.4, -0.2) is 14.7 Å². The highest BCUT2D eigenvalue weighted by molar-refractivity contribution is 6.83. The molecular weight excluding hydrogens is 200 g/mol. The Hall–Kier alpha value is -1.20. The summed E-state index contributed by atoms with van der Waals surface area (Å²) < 4.78 is 5.52. The Bertz CT molecular complexity index is 380. The molecule has 0 atom stereocenters. The first-order valence-corrected chi connectivity index (χ1v) is 8.78. The quantitative estimate of drug-likeness (QED) is 0.546. The molecule has 0 aromatic heterocycles. The van der Waals surface area contributed by atoms with Gasteiger partial charge in [0.2, 0.25) is 0 Å². The van der Waals surface area contributed by atoms with E-state index in [9.17, 15) is 0 Å². The average Bonchev–Trinajstić information content (AvgIpc) is 2.16. The Balaban J connectivity index is 2.97. The zero-order valence-electron chi connectivity index (χ0n) is 9.92. The van der Waals surface area contributed by atoms with E-state index in [0.29, 0.717) is 6.61 Å². The Labute approximate surface area is 93.5 Å². The summed E-state index contributed by atoms with van der Waals surface area (Å²) in [5.41, 5.74) is 4.35. The summed E-state index contributed by atoms with van der Waals surface area (Å²) in [5.74, 6) is 4.12. The summed E-state index contributed by atoms with van der Waals surface area (Å²) in [6, 6.07) is 7.96. The second-order valence-electron chi connectivity index (χ2n) is 4.43. The first-order valence-electron chi connectivity index (χ1n) is 5.28. The van der Waals surface area contributed by atoms with Crippen LogP contribution in [0.3, 0.4) is 0 Å². The third-order valence-electron chi connectivity index (χ3n) is 1.76. The number of hydrogen-bond acceptors (Lipinski definition) is 1. The third kappa shape index (κ3) is 4.22. The third-order valence-corrected chi connectivity index (χ3v) is 2.63. The molecule has 0 saturated heterocycles. The van der Waals surface area contributed by atoms with Gasteiger partial charge in [-0.25, -0.2) is 0 Å². The Kier molecular flexibility index (Phi) is 3.99. The first-order chi connectivity index (χ1) is 7.03. The molecule has 0 aliphatic carbocycles. The molecule has 1 aromatic rings. The summed E-state index contributed by atoms with van der Waals surface area (Å²) in [7, 11) is -1.30. The number of benzene rings is 1. The van der Waals surface area contributed by atoms with Crippen molar-refractivity contribution >= 4 is 8.07 Å². The molecule has 0 saturated carbocycles. The number of rotatable bonds is 2. The van der Waals surface area contributed by atoms with Gasteiger partial charge in [-0.1, -0.05) is 37.7 Å². The normalized spacial score (nSPS) is 10.4. The molecule has 0 fully saturated rings. The van der Waals surface area contributed by atoms with E-state index in [0.717, 1.165) is 11.3 Å². The van der Waals surface area contributed by atoms with Gasteiger partial charge < -0.3 is 4.74 Å². The van der Waals surface area contributed by atoms with Crippen LogP contribution in [-0.2, 0) is 0 Å². The monoisotopic (exact) mass is 218 g/mol. The minimum atomic E-state index is -1.30. The van der Waals surface area contributed by atoms with Gasteiger partial charge >= 0.3 is 0 Å². The van der Waals surface area contributed by atoms with Crippen molar-refractivity contribution in [3.8, 4) is 17.2 Å². The van der Waals surface area contributed by atoms with Gasteiger partial charge in [-0.15, -0.1) is 5.54 Å². The molecule has 0 aliphatic rings. The molecule has 1 rings (SSSR count). The van der Waals surface area contributed by atoms with Crippen molar-refractivity contribution in [3.63, 3.8) is 0 Å². The van der Waals surface area contributed by atoms with Crippen LogP contribution in [0.25, 0.3) is 0 Å². The lowest BCUT2D eigenvalue weighted by Gasteiger charge is -2.06. The van der Waals surface area contributed by atoms with Crippen LogP contribution in [0.1, 0.15) is 12.5 Å². The summed E-state index contributed by atoms with van der Waals surface area (Å²) in [6.07, 6.45) is 0. The van der Waals surface area contributed by atoms with E-state index in [2.05, 4.69) is 31.1 Å². The molecule has 1 aromatic carbocycles. The van der Waals surface area contributed by atoms with Gasteiger partial charge in [0.05, 0.1) is 12.2 Å². The van der Waals surface area contributed by atoms with E-state index in [1.165, 1.54) is 0 Å². The van der Waals surface area contributed by atoms with Crippen molar-refractivity contribution in [2.75, 3.05) is 6.61 Å². The largest absolute Gasteiger partial charge is 0.493 e. The lowest BCUT2D eigenvalue weighted by molar-refractivity contribution is 0.339. The van der Waals surface area contributed by atoms with Crippen LogP contribution >= 0.6 is 0 Å². The van der Waals surface area contributed by atoms with E-state index < -0.39 is 8.07 Å². The van der Waals surface area contributed by atoms with Crippen LogP contribution in [0.2, 0.25) is 19.6 Å². The number of ether oxygens (including phenoxy) is 1. The summed E-state index contributed by atoms with van der Waals surface area (Å²) >= 11 is 0. The Morgan fingerprint density at radius 1 is 1.20 bits per heavy atom. The Morgan fingerprint density at radius 2 is 1.87 bits per heavy atom. The van der Waals surface area contributed by atoms with Crippen molar-refractivity contribution in [2.45, 2.75) is 26.6 Å². The molecule has 2 heteroatoms. The molecular formula is C13H18OSi. The van der Waals surface area contributed by atoms with Crippen LogP contribution in [0.4, 0.5) is 0 Å². The van der Waals surface area contributed by atoms with Crippen LogP contribution in [0, 0.1) is 11.5 Å². The van der Waals surface area contributed by atoms with E-state index in [4.69, 9.17) is 4.74 Å². The highest BCUT2D eigenvalue weighted by Crippen LogP contribution is 2.16. The predicted octanol–water partition coefficient (Wildman–Crippen LogP) is 3.31.